The molecule has 0 aliphatic rings. The molecule has 1 heterocycles. The summed E-state index contributed by atoms with van der Waals surface area (Å²) in [6.07, 6.45) is 4.14. The zero-order chi connectivity index (χ0) is 20.9. The van der Waals surface area contributed by atoms with Gasteiger partial charge in [-0.15, -0.1) is 11.3 Å². The van der Waals surface area contributed by atoms with E-state index < -0.39 is 5.91 Å². The number of rotatable bonds is 5. The molecule has 3 aromatic carbocycles. The van der Waals surface area contributed by atoms with E-state index in [0.717, 1.165) is 27.6 Å². The lowest BCUT2D eigenvalue weighted by molar-refractivity contribution is -0.112. The highest BCUT2D eigenvalue weighted by Crippen LogP contribution is 2.24. The number of aromatic nitrogens is 1. The zero-order valence-corrected chi connectivity index (χ0v) is 17.2. The van der Waals surface area contributed by atoms with E-state index in [-0.39, 0.29) is 5.57 Å². The van der Waals surface area contributed by atoms with Crippen LogP contribution >= 0.6 is 11.3 Å². The number of fused-ring (bicyclic) bond motifs is 1. The van der Waals surface area contributed by atoms with Crippen molar-refractivity contribution in [1.82, 2.24) is 4.98 Å². The SMILES string of the molecule is Cc1ccc(Cc2cnc(NC(=O)C(C#N)=Cc3cccc4ccccc34)s2)cc1. The molecule has 0 spiro atoms. The van der Waals surface area contributed by atoms with E-state index in [4.69, 9.17) is 0 Å². The maximum absolute atomic E-state index is 12.7. The molecule has 5 heteroatoms. The number of benzene rings is 3. The van der Waals surface area contributed by atoms with Gasteiger partial charge < -0.3 is 0 Å². The van der Waals surface area contributed by atoms with Gasteiger partial charge in [-0.05, 0) is 34.9 Å². The van der Waals surface area contributed by atoms with E-state index in [1.165, 1.54) is 22.5 Å². The molecule has 0 fully saturated rings. The maximum atomic E-state index is 12.7. The Morgan fingerprint density at radius 2 is 1.87 bits per heavy atom. The molecule has 0 aliphatic heterocycles. The lowest BCUT2D eigenvalue weighted by atomic mass is 10.0. The van der Waals surface area contributed by atoms with Crippen molar-refractivity contribution in [2.75, 3.05) is 5.32 Å². The third kappa shape index (κ3) is 4.45. The maximum Gasteiger partial charge on any atom is 0.268 e. The standard InChI is InChI=1S/C25H19N3OS/c1-17-9-11-18(12-10-17)13-22-16-27-25(30-22)28-24(29)21(15-26)14-20-7-4-6-19-5-2-3-8-23(19)20/h2-12,14,16H,13H2,1H3,(H,27,28,29). The molecule has 146 valence electrons. The van der Waals surface area contributed by atoms with E-state index in [1.807, 2.05) is 48.5 Å². The van der Waals surface area contributed by atoms with Crippen molar-refractivity contribution in [3.05, 3.63) is 100 Å². The van der Waals surface area contributed by atoms with E-state index in [9.17, 15) is 10.1 Å². The summed E-state index contributed by atoms with van der Waals surface area (Å²) < 4.78 is 0. The first-order chi connectivity index (χ1) is 14.6. The fraction of sp³-hybridized carbons (Fsp3) is 0.0800. The Kier molecular flexibility index (Phi) is 5.69. The summed E-state index contributed by atoms with van der Waals surface area (Å²) in [5.41, 5.74) is 3.29. The molecule has 0 atom stereocenters. The van der Waals surface area contributed by atoms with Gasteiger partial charge in [-0.2, -0.15) is 5.26 Å². The van der Waals surface area contributed by atoms with Gasteiger partial charge in [0.25, 0.3) is 5.91 Å². The molecule has 1 aromatic heterocycles. The van der Waals surface area contributed by atoms with Crippen LogP contribution in [0.3, 0.4) is 0 Å². The molecule has 0 aliphatic carbocycles. The van der Waals surface area contributed by atoms with Crippen LogP contribution in [-0.2, 0) is 11.2 Å². The number of nitriles is 1. The van der Waals surface area contributed by atoms with Crippen molar-refractivity contribution in [3.8, 4) is 6.07 Å². The quantitative estimate of drug-likeness (QED) is 0.338. The number of aryl methyl sites for hydroxylation is 1. The van der Waals surface area contributed by atoms with E-state index >= 15 is 0 Å². The monoisotopic (exact) mass is 409 g/mol. The van der Waals surface area contributed by atoms with Gasteiger partial charge in [0.05, 0.1) is 0 Å². The fourth-order valence-corrected chi connectivity index (χ4v) is 4.04. The van der Waals surface area contributed by atoms with Crippen LogP contribution in [0.15, 0.2) is 78.5 Å². The van der Waals surface area contributed by atoms with Crippen molar-refractivity contribution in [2.45, 2.75) is 13.3 Å². The molecule has 0 saturated carbocycles. The van der Waals surface area contributed by atoms with Crippen molar-refractivity contribution >= 4 is 39.2 Å². The number of nitrogens with one attached hydrogen (secondary N) is 1. The first-order valence-electron chi connectivity index (χ1n) is 9.53. The Morgan fingerprint density at radius 3 is 2.67 bits per heavy atom. The van der Waals surface area contributed by atoms with E-state index in [2.05, 4.69) is 41.5 Å². The number of amides is 1. The van der Waals surface area contributed by atoms with Crippen molar-refractivity contribution in [2.24, 2.45) is 0 Å². The molecule has 4 aromatic rings. The van der Waals surface area contributed by atoms with Gasteiger partial charge in [0.2, 0.25) is 0 Å². The van der Waals surface area contributed by atoms with Crippen LogP contribution in [0.2, 0.25) is 0 Å². The number of carbonyl (C=O) groups excluding carboxylic acids is 1. The summed E-state index contributed by atoms with van der Waals surface area (Å²) in [5.74, 6) is -0.457. The average Bonchev–Trinajstić information content (AvgIpc) is 3.20. The Morgan fingerprint density at radius 1 is 1.10 bits per heavy atom. The lowest BCUT2D eigenvalue weighted by Crippen LogP contribution is -2.13. The Hall–Kier alpha value is -3.75. The minimum Gasteiger partial charge on any atom is -0.297 e. The van der Waals surface area contributed by atoms with Crippen LogP contribution in [0.5, 0.6) is 0 Å². The molecule has 0 radical (unpaired) electrons. The summed E-state index contributed by atoms with van der Waals surface area (Å²) in [6, 6.07) is 24.1. The smallest absolute Gasteiger partial charge is 0.268 e. The summed E-state index contributed by atoms with van der Waals surface area (Å²) in [6.45, 7) is 2.06. The molecule has 1 N–H and O–H groups in total. The van der Waals surface area contributed by atoms with Crippen molar-refractivity contribution in [3.63, 3.8) is 0 Å². The minimum atomic E-state index is -0.457. The predicted octanol–water partition coefficient (Wildman–Crippen LogP) is 5.74. The summed E-state index contributed by atoms with van der Waals surface area (Å²) >= 11 is 1.42. The van der Waals surface area contributed by atoms with Crippen LogP contribution in [0, 0.1) is 18.3 Å². The van der Waals surface area contributed by atoms with E-state index in [0.29, 0.717) is 5.13 Å². The topological polar surface area (TPSA) is 65.8 Å². The van der Waals surface area contributed by atoms with Gasteiger partial charge in [-0.3, -0.25) is 10.1 Å². The van der Waals surface area contributed by atoms with Gasteiger partial charge in [0, 0.05) is 17.5 Å². The average molecular weight is 410 g/mol. The number of nitrogens with zero attached hydrogens (tertiary/aromatic N) is 2. The second-order valence-electron chi connectivity index (χ2n) is 6.99. The number of hydrogen-bond acceptors (Lipinski definition) is 4. The third-order valence-electron chi connectivity index (χ3n) is 4.76. The first kappa shape index (κ1) is 19.6. The third-order valence-corrected chi connectivity index (χ3v) is 5.67. The van der Waals surface area contributed by atoms with Crippen LogP contribution in [-0.4, -0.2) is 10.9 Å². The van der Waals surface area contributed by atoms with Gasteiger partial charge in [-0.1, -0.05) is 72.3 Å². The molecular weight excluding hydrogens is 390 g/mol. The number of thiazole rings is 1. The number of anilines is 1. The van der Waals surface area contributed by atoms with Crippen LogP contribution in [0.4, 0.5) is 5.13 Å². The Labute approximate surface area is 179 Å². The largest absolute Gasteiger partial charge is 0.297 e. The van der Waals surface area contributed by atoms with Crippen LogP contribution in [0.1, 0.15) is 21.6 Å². The highest BCUT2D eigenvalue weighted by Gasteiger charge is 2.13. The molecule has 0 unspecified atom stereocenters. The van der Waals surface area contributed by atoms with Crippen LogP contribution in [0.25, 0.3) is 16.8 Å². The fourth-order valence-electron chi connectivity index (χ4n) is 3.20. The molecular formula is C25H19N3OS. The van der Waals surface area contributed by atoms with Gasteiger partial charge in [-0.25, -0.2) is 4.98 Å². The second kappa shape index (κ2) is 8.73. The predicted molar refractivity (Wildman–Crippen MR) is 122 cm³/mol. The molecule has 0 saturated heterocycles. The highest BCUT2D eigenvalue weighted by molar-refractivity contribution is 7.15. The van der Waals surface area contributed by atoms with Crippen molar-refractivity contribution in [1.29, 1.82) is 5.26 Å². The van der Waals surface area contributed by atoms with Crippen LogP contribution < -0.4 is 5.32 Å². The summed E-state index contributed by atoms with van der Waals surface area (Å²) in [5, 5.41) is 14.8. The molecule has 30 heavy (non-hydrogen) atoms. The van der Waals surface area contributed by atoms with E-state index in [1.54, 1.807) is 12.3 Å². The minimum absolute atomic E-state index is 0.0432. The molecule has 0 bridgehead atoms. The zero-order valence-electron chi connectivity index (χ0n) is 16.4. The van der Waals surface area contributed by atoms with Gasteiger partial charge in [0.1, 0.15) is 11.6 Å². The Bertz CT molecular complexity index is 1270. The first-order valence-corrected chi connectivity index (χ1v) is 10.4. The summed E-state index contributed by atoms with van der Waals surface area (Å²) in [4.78, 5) is 18.0. The van der Waals surface area contributed by atoms with Crippen molar-refractivity contribution < 1.29 is 4.79 Å². The molecule has 1 amide bonds. The normalized spacial score (nSPS) is 11.3. The number of carbonyl (C=O) groups is 1. The van der Waals surface area contributed by atoms with Gasteiger partial charge in [0.15, 0.2) is 5.13 Å². The summed E-state index contributed by atoms with van der Waals surface area (Å²) in [7, 11) is 0. The number of hydrogen-bond donors (Lipinski definition) is 1. The molecule has 4 nitrogen and oxygen atoms in total. The second-order valence-corrected chi connectivity index (χ2v) is 8.10. The molecule has 4 rings (SSSR count). The highest BCUT2D eigenvalue weighted by atomic mass is 32.1. The lowest BCUT2D eigenvalue weighted by Gasteiger charge is -2.04. The Balaban J connectivity index is 1.51. The van der Waals surface area contributed by atoms with Gasteiger partial charge >= 0.3 is 0 Å².